The number of urea groups is 1. The van der Waals surface area contributed by atoms with Crippen molar-refractivity contribution in [3.05, 3.63) is 0 Å². The number of carbonyl (C=O) groups excluding carboxylic acids is 1. The van der Waals surface area contributed by atoms with Crippen LogP contribution in [0, 0.1) is 5.92 Å². The minimum atomic E-state index is -0.191. The summed E-state index contributed by atoms with van der Waals surface area (Å²) in [5, 5.41) is 5.92. The quantitative estimate of drug-likeness (QED) is 0.770. The summed E-state index contributed by atoms with van der Waals surface area (Å²) in [6.07, 6.45) is 0. The summed E-state index contributed by atoms with van der Waals surface area (Å²) >= 11 is 0. The molecule has 4 nitrogen and oxygen atoms in total. The standard InChI is InChI=1S/C12H27N3O/c1-9(2)10(8-15(6)7)13-11(16)14-12(3,4)5/h9-10H,8H2,1-7H3,(H2,13,14,16). The van der Waals surface area contributed by atoms with Crippen LogP contribution in [0.4, 0.5) is 4.79 Å². The van der Waals surface area contributed by atoms with Crippen molar-refractivity contribution in [2.45, 2.75) is 46.2 Å². The highest BCUT2D eigenvalue weighted by atomic mass is 16.2. The lowest BCUT2D eigenvalue weighted by molar-refractivity contribution is 0.217. The van der Waals surface area contributed by atoms with Crippen LogP contribution >= 0.6 is 0 Å². The number of hydrogen-bond acceptors (Lipinski definition) is 2. The number of nitrogens with zero attached hydrogens (tertiary/aromatic N) is 1. The highest BCUT2D eigenvalue weighted by Gasteiger charge is 2.19. The molecule has 0 spiro atoms. The fourth-order valence-electron chi connectivity index (χ4n) is 1.36. The van der Waals surface area contributed by atoms with E-state index in [1.165, 1.54) is 0 Å². The third-order valence-corrected chi connectivity index (χ3v) is 2.17. The zero-order chi connectivity index (χ0) is 12.9. The van der Waals surface area contributed by atoms with Crippen LogP contribution in [0.2, 0.25) is 0 Å². The van der Waals surface area contributed by atoms with Gasteiger partial charge in [-0.2, -0.15) is 0 Å². The van der Waals surface area contributed by atoms with Gasteiger partial charge in [0.1, 0.15) is 0 Å². The lowest BCUT2D eigenvalue weighted by atomic mass is 10.0. The summed E-state index contributed by atoms with van der Waals surface area (Å²) in [6, 6.07) is 0.0883. The second-order valence-corrected chi connectivity index (χ2v) is 5.96. The first-order valence-electron chi connectivity index (χ1n) is 5.85. The average molecular weight is 229 g/mol. The topological polar surface area (TPSA) is 44.4 Å². The maximum Gasteiger partial charge on any atom is 0.315 e. The van der Waals surface area contributed by atoms with Gasteiger partial charge in [-0.05, 0) is 40.8 Å². The number of hydrogen-bond donors (Lipinski definition) is 2. The highest BCUT2D eigenvalue weighted by Crippen LogP contribution is 2.04. The molecule has 0 bridgehead atoms. The molecule has 1 unspecified atom stereocenters. The first-order valence-corrected chi connectivity index (χ1v) is 5.85. The van der Waals surface area contributed by atoms with Crippen molar-refractivity contribution >= 4 is 6.03 Å². The molecule has 2 N–H and O–H groups in total. The molecule has 0 heterocycles. The fourth-order valence-corrected chi connectivity index (χ4v) is 1.36. The van der Waals surface area contributed by atoms with Crippen molar-refractivity contribution in [1.82, 2.24) is 15.5 Å². The van der Waals surface area contributed by atoms with Crippen molar-refractivity contribution in [2.75, 3.05) is 20.6 Å². The summed E-state index contributed by atoms with van der Waals surface area (Å²) in [4.78, 5) is 13.8. The molecular formula is C12H27N3O. The second-order valence-electron chi connectivity index (χ2n) is 5.96. The van der Waals surface area contributed by atoms with Gasteiger partial charge in [-0.25, -0.2) is 4.79 Å². The minimum Gasteiger partial charge on any atom is -0.334 e. The van der Waals surface area contributed by atoms with Gasteiger partial charge in [0, 0.05) is 18.1 Å². The van der Waals surface area contributed by atoms with Gasteiger partial charge in [0.25, 0.3) is 0 Å². The zero-order valence-electron chi connectivity index (χ0n) is 11.7. The first kappa shape index (κ1) is 15.2. The highest BCUT2D eigenvalue weighted by molar-refractivity contribution is 5.75. The predicted octanol–water partition coefficient (Wildman–Crippen LogP) is 1.67. The van der Waals surface area contributed by atoms with Gasteiger partial charge in [-0.15, -0.1) is 0 Å². The molecule has 0 aromatic heterocycles. The van der Waals surface area contributed by atoms with E-state index in [0.717, 1.165) is 6.54 Å². The molecule has 16 heavy (non-hydrogen) atoms. The molecule has 0 fully saturated rings. The van der Waals surface area contributed by atoms with Crippen LogP contribution < -0.4 is 10.6 Å². The summed E-state index contributed by atoms with van der Waals surface area (Å²) < 4.78 is 0. The largest absolute Gasteiger partial charge is 0.334 e. The van der Waals surface area contributed by atoms with E-state index >= 15 is 0 Å². The van der Waals surface area contributed by atoms with Gasteiger partial charge >= 0.3 is 6.03 Å². The molecule has 4 heteroatoms. The predicted molar refractivity (Wildman–Crippen MR) is 68.6 cm³/mol. The van der Waals surface area contributed by atoms with E-state index in [4.69, 9.17) is 0 Å². The molecule has 96 valence electrons. The Morgan fingerprint density at radius 3 is 2.06 bits per heavy atom. The van der Waals surface area contributed by atoms with Gasteiger partial charge in [-0.1, -0.05) is 13.8 Å². The van der Waals surface area contributed by atoms with Gasteiger partial charge in [0.05, 0.1) is 0 Å². The lowest BCUT2D eigenvalue weighted by Crippen LogP contribution is -2.53. The van der Waals surface area contributed by atoms with Crippen molar-refractivity contribution in [1.29, 1.82) is 0 Å². The van der Waals surface area contributed by atoms with Crippen LogP contribution in [0.15, 0.2) is 0 Å². The Labute approximate surface area is 99.8 Å². The van der Waals surface area contributed by atoms with E-state index < -0.39 is 0 Å². The molecule has 0 aromatic rings. The summed E-state index contributed by atoms with van der Waals surface area (Å²) in [5.74, 6) is 0.424. The Bertz CT molecular complexity index is 219. The number of amides is 2. The van der Waals surface area contributed by atoms with E-state index in [1.807, 2.05) is 34.9 Å². The Morgan fingerprint density at radius 1 is 1.25 bits per heavy atom. The normalized spacial score (nSPS) is 14.1. The molecular weight excluding hydrogens is 202 g/mol. The summed E-state index contributed by atoms with van der Waals surface area (Å²) in [6.45, 7) is 11.0. The number of nitrogens with one attached hydrogen (secondary N) is 2. The molecule has 0 aliphatic carbocycles. The molecule has 0 saturated carbocycles. The fraction of sp³-hybridized carbons (Fsp3) is 0.917. The van der Waals surface area contributed by atoms with Gasteiger partial charge < -0.3 is 15.5 Å². The summed E-state index contributed by atoms with van der Waals surface area (Å²) in [5.41, 5.74) is -0.191. The average Bonchev–Trinajstić information content (AvgIpc) is 1.97. The maximum atomic E-state index is 11.7. The van der Waals surface area contributed by atoms with Crippen LogP contribution in [-0.2, 0) is 0 Å². The van der Waals surface area contributed by atoms with Crippen LogP contribution in [0.5, 0.6) is 0 Å². The van der Waals surface area contributed by atoms with Gasteiger partial charge in [-0.3, -0.25) is 0 Å². The third-order valence-electron chi connectivity index (χ3n) is 2.17. The maximum absolute atomic E-state index is 11.7. The Hall–Kier alpha value is -0.770. The Balaban J connectivity index is 4.24. The minimum absolute atomic E-state index is 0.0898. The number of carbonyl (C=O) groups is 1. The molecule has 0 aliphatic rings. The van der Waals surface area contributed by atoms with Crippen molar-refractivity contribution in [2.24, 2.45) is 5.92 Å². The monoisotopic (exact) mass is 229 g/mol. The molecule has 0 radical (unpaired) electrons. The van der Waals surface area contributed by atoms with Gasteiger partial charge in [0.2, 0.25) is 0 Å². The van der Waals surface area contributed by atoms with Gasteiger partial charge in [0.15, 0.2) is 0 Å². The zero-order valence-corrected chi connectivity index (χ0v) is 11.7. The van der Waals surface area contributed by atoms with Crippen molar-refractivity contribution in [3.63, 3.8) is 0 Å². The van der Waals surface area contributed by atoms with E-state index in [0.29, 0.717) is 5.92 Å². The third kappa shape index (κ3) is 7.51. The van der Waals surface area contributed by atoms with E-state index in [2.05, 4.69) is 29.4 Å². The molecule has 0 saturated heterocycles. The Morgan fingerprint density at radius 2 is 1.75 bits per heavy atom. The van der Waals surface area contributed by atoms with Crippen LogP contribution in [0.3, 0.4) is 0 Å². The van der Waals surface area contributed by atoms with E-state index in [1.54, 1.807) is 0 Å². The smallest absolute Gasteiger partial charge is 0.315 e. The van der Waals surface area contributed by atoms with Crippen molar-refractivity contribution in [3.8, 4) is 0 Å². The van der Waals surface area contributed by atoms with E-state index in [-0.39, 0.29) is 17.6 Å². The van der Waals surface area contributed by atoms with Crippen LogP contribution in [0.25, 0.3) is 0 Å². The lowest BCUT2D eigenvalue weighted by Gasteiger charge is -2.28. The Kier molecular flexibility index (Phi) is 5.79. The number of rotatable bonds is 4. The molecule has 0 aromatic carbocycles. The molecule has 0 rings (SSSR count). The van der Waals surface area contributed by atoms with Crippen LogP contribution in [-0.4, -0.2) is 43.2 Å². The molecule has 2 amide bonds. The van der Waals surface area contributed by atoms with Crippen molar-refractivity contribution < 1.29 is 4.79 Å². The SMILES string of the molecule is CC(C)C(CN(C)C)NC(=O)NC(C)(C)C. The second kappa shape index (κ2) is 6.09. The summed E-state index contributed by atoms with van der Waals surface area (Å²) in [7, 11) is 4.03. The first-order chi connectivity index (χ1) is 7.11. The van der Waals surface area contributed by atoms with E-state index in [9.17, 15) is 4.79 Å². The number of likely N-dealkylation sites (N-methyl/N-ethyl adjacent to an activating group) is 1. The molecule has 1 atom stereocenters. The molecule has 0 aliphatic heterocycles. The van der Waals surface area contributed by atoms with Crippen LogP contribution in [0.1, 0.15) is 34.6 Å².